The molecule has 0 aliphatic heterocycles. The number of unbranched alkanes of at least 4 members (excludes halogenated alkanes) is 3. The van der Waals surface area contributed by atoms with E-state index in [1.807, 2.05) is 32.0 Å². The number of para-hydroxylation sites is 1. The van der Waals surface area contributed by atoms with E-state index < -0.39 is 11.8 Å². The lowest BCUT2D eigenvalue weighted by molar-refractivity contribution is -0.124. The normalized spacial score (nSPS) is 10.3. The molecule has 0 unspecified atom stereocenters. The van der Waals surface area contributed by atoms with Crippen molar-refractivity contribution in [1.82, 2.24) is 10.9 Å². The summed E-state index contributed by atoms with van der Waals surface area (Å²) in [7, 11) is 0. The van der Waals surface area contributed by atoms with Gasteiger partial charge in [-0.3, -0.25) is 25.2 Å². The first kappa shape index (κ1) is 24.9. The molecule has 2 rings (SSSR count). The fourth-order valence-electron chi connectivity index (χ4n) is 3.14. The third-order valence-electron chi connectivity index (χ3n) is 4.94. The van der Waals surface area contributed by atoms with Gasteiger partial charge in [0, 0.05) is 18.5 Å². The van der Waals surface area contributed by atoms with Gasteiger partial charge in [0.15, 0.2) is 0 Å². The van der Waals surface area contributed by atoms with Crippen LogP contribution in [0.4, 0.5) is 5.69 Å². The van der Waals surface area contributed by atoms with E-state index in [9.17, 15) is 14.4 Å². The molecule has 0 atom stereocenters. The number of carbonyl (C=O) groups is 3. The molecular formula is C25H33N3O4. The van der Waals surface area contributed by atoms with Gasteiger partial charge in [-0.05, 0) is 44.0 Å². The van der Waals surface area contributed by atoms with Crippen LogP contribution in [0.3, 0.4) is 0 Å². The van der Waals surface area contributed by atoms with Gasteiger partial charge in [0.2, 0.25) is 11.8 Å². The molecule has 7 heteroatoms. The molecule has 2 aromatic carbocycles. The summed E-state index contributed by atoms with van der Waals surface area (Å²) < 4.78 is 5.74. The molecule has 3 amide bonds. The second kappa shape index (κ2) is 13.1. The Bertz CT molecular complexity index is 927. The highest BCUT2D eigenvalue weighted by Crippen LogP contribution is 2.18. The molecule has 0 spiro atoms. The van der Waals surface area contributed by atoms with Crippen molar-refractivity contribution in [2.45, 2.75) is 59.3 Å². The van der Waals surface area contributed by atoms with Crippen molar-refractivity contribution in [2.24, 2.45) is 0 Å². The van der Waals surface area contributed by atoms with Crippen LogP contribution in [0.25, 0.3) is 0 Å². The molecule has 7 nitrogen and oxygen atoms in total. The Morgan fingerprint density at radius 3 is 2.38 bits per heavy atom. The fraction of sp³-hybridized carbons (Fsp3) is 0.400. The minimum atomic E-state index is -0.470. The zero-order valence-electron chi connectivity index (χ0n) is 19.1. The monoisotopic (exact) mass is 439 g/mol. The Balaban J connectivity index is 1.76. The summed E-state index contributed by atoms with van der Waals surface area (Å²) in [5.74, 6) is -0.710. The van der Waals surface area contributed by atoms with Crippen molar-refractivity contribution < 1.29 is 19.1 Å². The first-order chi connectivity index (χ1) is 15.4. The van der Waals surface area contributed by atoms with E-state index in [1.54, 1.807) is 24.3 Å². The number of amides is 3. The molecular weight excluding hydrogens is 406 g/mol. The maximum absolute atomic E-state index is 12.5. The van der Waals surface area contributed by atoms with Gasteiger partial charge in [0.05, 0.1) is 12.2 Å². The van der Waals surface area contributed by atoms with Gasteiger partial charge in [-0.25, -0.2) is 0 Å². The van der Waals surface area contributed by atoms with E-state index in [2.05, 4.69) is 23.1 Å². The van der Waals surface area contributed by atoms with Crippen LogP contribution < -0.4 is 20.9 Å². The quantitative estimate of drug-likeness (QED) is 0.356. The van der Waals surface area contributed by atoms with Crippen molar-refractivity contribution in [1.29, 1.82) is 0 Å². The molecule has 0 saturated carbocycles. The highest BCUT2D eigenvalue weighted by Gasteiger charge is 2.14. The van der Waals surface area contributed by atoms with Crippen LogP contribution in [-0.2, 0) is 9.59 Å². The first-order valence-corrected chi connectivity index (χ1v) is 11.1. The van der Waals surface area contributed by atoms with Gasteiger partial charge in [0.25, 0.3) is 5.91 Å². The number of aryl methyl sites for hydroxylation is 2. The van der Waals surface area contributed by atoms with Gasteiger partial charge in [-0.1, -0.05) is 56.0 Å². The molecule has 172 valence electrons. The minimum Gasteiger partial charge on any atom is -0.493 e. The average Bonchev–Trinajstić information content (AvgIpc) is 2.78. The van der Waals surface area contributed by atoms with Crippen molar-refractivity contribution >= 4 is 23.4 Å². The van der Waals surface area contributed by atoms with Crippen LogP contribution in [0.2, 0.25) is 0 Å². The number of hydrazine groups is 1. The largest absolute Gasteiger partial charge is 0.493 e. The average molecular weight is 440 g/mol. The Morgan fingerprint density at radius 2 is 1.62 bits per heavy atom. The topological polar surface area (TPSA) is 96.5 Å². The molecule has 3 N–H and O–H groups in total. The number of ether oxygens (including phenoxy) is 1. The highest BCUT2D eigenvalue weighted by molar-refractivity contribution is 5.98. The Kier molecular flexibility index (Phi) is 10.2. The molecule has 32 heavy (non-hydrogen) atoms. The van der Waals surface area contributed by atoms with Crippen molar-refractivity contribution in [3.8, 4) is 5.75 Å². The summed E-state index contributed by atoms with van der Waals surface area (Å²) in [5.41, 5.74) is 7.88. The first-order valence-electron chi connectivity index (χ1n) is 11.1. The third-order valence-corrected chi connectivity index (χ3v) is 4.94. The lowest BCUT2D eigenvalue weighted by Crippen LogP contribution is -2.42. The van der Waals surface area contributed by atoms with E-state index in [4.69, 9.17) is 4.74 Å². The van der Waals surface area contributed by atoms with Crippen LogP contribution in [0.15, 0.2) is 42.5 Å². The smallest absolute Gasteiger partial charge is 0.273 e. The van der Waals surface area contributed by atoms with Crippen molar-refractivity contribution in [3.05, 3.63) is 59.2 Å². The van der Waals surface area contributed by atoms with Gasteiger partial charge in [-0.2, -0.15) is 0 Å². The lowest BCUT2D eigenvalue weighted by Gasteiger charge is -2.12. The molecule has 0 aliphatic rings. The standard InChI is InChI=1S/C25H33N3O4/c1-4-5-6-9-16-32-22-11-8-7-10-20(22)25(31)28-27-24(30)15-14-23(29)26-21-13-12-18(2)17-19(21)3/h7-8,10-13,17H,4-6,9,14-16H2,1-3H3,(H,26,29)(H,27,30)(H,28,31). The second-order valence-corrected chi connectivity index (χ2v) is 7.77. The van der Waals surface area contributed by atoms with Gasteiger partial charge >= 0.3 is 0 Å². The zero-order chi connectivity index (χ0) is 23.3. The van der Waals surface area contributed by atoms with Crippen LogP contribution in [0.1, 0.15) is 66.9 Å². The Labute approximate surface area is 189 Å². The molecule has 0 aromatic heterocycles. The molecule has 0 bridgehead atoms. The van der Waals surface area contributed by atoms with Crippen molar-refractivity contribution in [2.75, 3.05) is 11.9 Å². The summed E-state index contributed by atoms with van der Waals surface area (Å²) in [4.78, 5) is 36.7. The van der Waals surface area contributed by atoms with Gasteiger partial charge < -0.3 is 10.1 Å². The molecule has 0 radical (unpaired) electrons. The number of carbonyl (C=O) groups excluding carboxylic acids is 3. The molecule has 0 saturated heterocycles. The summed E-state index contributed by atoms with van der Waals surface area (Å²) >= 11 is 0. The zero-order valence-corrected chi connectivity index (χ0v) is 19.1. The van der Waals surface area contributed by atoms with E-state index in [-0.39, 0.29) is 18.7 Å². The van der Waals surface area contributed by atoms with Crippen LogP contribution in [0.5, 0.6) is 5.75 Å². The van der Waals surface area contributed by atoms with E-state index in [0.29, 0.717) is 17.9 Å². The number of hydrogen-bond donors (Lipinski definition) is 3. The van der Waals surface area contributed by atoms with Crippen LogP contribution in [0, 0.1) is 13.8 Å². The molecule has 0 heterocycles. The summed E-state index contributed by atoms with van der Waals surface area (Å²) in [6.07, 6.45) is 4.26. The number of nitrogens with one attached hydrogen (secondary N) is 3. The summed E-state index contributed by atoms with van der Waals surface area (Å²) in [6, 6.07) is 12.6. The van der Waals surface area contributed by atoms with Crippen LogP contribution >= 0.6 is 0 Å². The number of hydrogen-bond acceptors (Lipinski definition) is 4. The summed E-state index contributed by atoms with van der Waals surface area (Å²) in [5, 5.41) is 2.80. The predicted octanol–water partition coefficient (Wildman–Crippen LogP) is 4.44. The minimum absolute atomic E-state index is 0.00643. The second-order valence-electron chi connectivity index (χ2n) is 7.77. The Hall–Kier alpha value is -3.35. The third kappa shape index (κ3) is 8.41. The predicted molar refractivity (Wildman–Crippen MR) is 125 cm³/mol. The maximum atomic E-state index is 12.5. The summed E-state index contributed by atoms with van der Waals surface area (Å²) in [6.45, 7) is 6.57. The number of rotatable bonds is 11. The van der Waals surface area contributed by atoms with Gasteiger partial charge in [-0.15, -0.1) is 0 Å². The number of benzene rings is 2. The fourth-order valence-corrected chi connectivity index (χ4v) is 3.14. The lowest BCUT2D eigenvalue weighted by atomic mass is 10.1. The van der Waals surface area contributed by atoms with E-state index in [1.165, 1.54) is 0 Å². The van der Waals surface area contributed by atoms with E-state index >= 15 is 0 Å². The molecule has 0 aliphatic carbocycles. The Morgan fingerprint density at radius 1 is 0.875 bits per heavy atom. The highest BCUT2D eigenvalue weighted by atomic mass is 16.5. The number of anilines is 1. The van der Waals surface area contributed by atoms with Crippen molar-refractivity contribution in [3.63, 3.8) is 0 Å². The molecule has 2 aromatic rings. The maximum Gasteiger partial charge on any atom is 0.273 e. The van der Waals surface area contributed by atoms with Gasteiger partial charge in [0.1, 0.15) is 5.75 Å². The SMILES string of the molecule is CCCCCCOc1ccccc1C(=O)NNC(=O)CCC(=O)Nc1ccc(C)cc1C. The van der Waals surface area contributed by atoms with E-state index in [0.717, 1.165) is 42.5 Å². The van der Waals surface area contributed by atoms with Crippen LogP contribution in [-0.4, -0.2) is 24.3 Å². The molecule has 0 fully saturated rings.